The summed E-state index contributed by atoms with van der Waals surface area (Å²) in [4.78, 5) is 0. The van der Waals surface area contributed by atoms with E-state index in [1.165, 1.54) is 31.8 Å². The van der Waals surface area contributed by atoms with Crippen molar-refractivity contribution in [2.24, 2.45) is 0 Å². The SMILES string of the molecule is [Cu+2].[I-].[I-].c1ccc(P(c2ccccc2)c2ccccc2)cc1.c1ccc(P(c2ccccc2)c2ccccc2)cc1. The number of hydrogen-bond acceptors (Lipinski definition) is 0. The average molecular weight is 842 g/mol. The summed E-state index contributed by atoms with van der Waals surface area (Å²) in [5.74, 6) is 0. The van der Waals surface area contributed by atoms with E-state index in [1.54, 1.807) is 0 Å². The van der Waals surface area contributed by atoms with Gasteiger partial charge in [-0.3, -0.25) is 0 Å². The molecule has 0 aliphatic carbocycles. The molecule has 41 heavy (non-hydrogen) atoms. The Labute approximate surface area is 292 Å². The van der Waals surface area contributed by atoms with Crippen LogP contribution in [0.5, 0.6) is 0 Å². The van der Waals surface area contributed by atoms with Crippen molar-refractivity contribution in [1.29, 1.82) is 0 Å². The van der Waals surface area contributed by atoms with Crippen LogP contribution in [0.2, 0.25) is 0 Å². The van der Waals surface area contributed by atoms with E-state index in [0.717, 1.165) is 0 Å². The van der Waals surface area contributed by atoms with Gasteiger partial charge in [0.15, 0.2) is 0 Å². The minimum atomic E-state index is -0.446. The van der Waals surface area contributed by atoms with Gasteiger partial charge >= 0.3 is 17.1 Å². The molecule has 0 spiro atoms. The molecule has 0 N–H and O–H groups in total. The Morgan fingerprint density at radius 3 is 0.463 bits per heavy atom. The van der Waals surface area contributed by atoms with E-state index in [4.69, 9.17) is 0 Å². The molecule has 1 radical (unpaired) electrons. The quantitative estimate of drug-likeness (QED) is 0.133. The summed E-state index contributed by atoms with van der Waals surface area (Å²) in [6, 6.07) is 64.7. The second-order valence-electron chi connectivity index (χ2n) is 8.68. The normalized spacial score (nSPS) is 9.80. The molecule has 0 amide bonds. The average Bonchev–Trinajstić information content (AvgIpc) is 3.01. The fraction of sp³-hybridized carbons (Fsp3) is 0. The van der Waals surface area contributed by atoms with Crippen LogP contribution in [0.15, 0.2) is 182 Å². The zero-order valence-electron chi connectivity index (χ0n) is 22.3. The number of benzene rings is 6. The van der Waals surface area contributed by atoms with Gasteiger partial charge in [-0.05, 0) is 47.7 Å². The Balaban J connectivity index is 0.000000267. The third kappa shape index (κ3) is 10.1. The molecule has 209 valence electrons. The number of halogens is 2. The van der Waals surface area contributed by atoms with E-state index in [1.807, 2.05) is 0 Å². The molecule has 0 aliphatic rings. The summed E-state index contributed by atoms with van der Waals surface area (Å²) in [5, 5.41) is 8.39. The second kappa shape index (κ2) is 19.4. The van der Waals surface area contributed by atoms with Crippen molar-refractivity contribution in [3.8, 4) is 0 Å². The molecule has 0 nitrogen and oxygen atoms in total. The van der Waals surface area contributed by atoms with Gasteiger partial charge in [-0.1, -0.05) is 182 Å². The van der Waals surface area contributed by atoms with E-state index < -0.39 is 15.8 Å². The molecular weight excluding hydrogens is 812 g/mol. The van der Waals surface area contributed by atoms with Crippen LogP contribution in [0.25, 0.3) is 0 Å². The Hall–Kier alpha value is -1.84. The number of hydrogen-bond donors (Lipinski definition) is 0. The first-order chi connectivity index (χ1) is 18.9. The van der Waals surface area contributed by atoms with Crippen molar-refractivity contribution in [2.45, 2.75) is 0 Å². The summed E-state index contributed by atoms with van der Waals surface area (Å²) in [6.45, 7) is 0. The fourth-order valence-corrected chi connectivity index (χ4v) is 8.97. The van der Waals surface area contributed by atoms with Gasteiger partial charge in [-0.15, -0.1) is 0 Å². The van der Waals surface area contributed by atoms with Crippen LogP contribution >= 0.6 is 15.8 Å². The molecule has 0 aromatic heterocycles. The zero-order valence-corrected chi connectivity index (χ0v) is 29.3. The summed E-state index contributed by atoms with van der Waals surface area (Å²) < 4.78 is 0. The van der Waals surface area contributed by atoms with Crippen LogP contribution < -0.4 is 79.8 Å². The van der Waals surface area contributed by atoms with E-state index in [9.17, 15) is 0 Å². The maximum atomic E-state index is 2.23. The fourth-order valence-electron chi connectivity index (χ4n) is 4.36. The molecule has 0 saturated heterocycles. The van der Waals surface area contributed by atoms with E-state index in [2.05, 4.69) is 182 Å². The van der Waals surface area contributed by atoms with Crippen LogP contribution in [0, 0.1) is 0 Å². The maximum absolute atomic E-state index is 2.23. The Morgan fingerprint density at radius 2 is 0.341 bits per heavy atom. The van der Waals surface area contributed by atoms with Crippen molar-refractivity contribution in [3.05, 3.63) is 182 Å². The van der Waals surface area contributed by atoms with Gasteiger partial charge in [-0.2, -0.15) is 0 Å². The standard InChI is InChI=1S/2C18H15P.Cu.2HI/c2*1-4-10-16(11-5-1)19(17-12-6-2-7-13-17)18-14-8-3-9-15-18;;;/h2*1-15H;;2*1H/q;;+2;;/p-2. The molecule has 6 aromatic carbocycles. The van der Waals surface area contributed by atoms with Crippen LogP contribution in [0.1, 0.15) is 0 Å². The smallest absolute Gasteiger partial charge is 1.00 e. The van der Waals surface area contributed by atoms with Gasteiger partial charge in [-0.25, -0.2) is 0 Å². The van der Waals surface area contributed by atoms with Crippen molar-refractivity contribution in [3.63, 3.8) is 0 Å². The molecule has 6 rings (SSSR count). The molecule has 0 saturated carbocycles. The first kappa shape index (κ1) is 35.4. The van der Waals surface area contributed by atoms with E-state index in [0.29, 0.717) is 0 Å². The summed E-state index contributed by atoms with van der Waals surface area (Å²) in [6.07, 6.45) is 0. The van der Waals surface area contributed by atoms with Gasteiger partial charge in [0.25, 0.3) is 0 Å². The summed E-state index contributed by atoms with van der Waals surface area (Å²) >= 11 is 0. The minimum absolute atomic E-state index is 0. The molecule has 0 fully saturated rings. The molecule has 0 atom stereocenters. The zero-order chi connectivity index (χ0) is 25.8. The molecule has 0 bridgehead atoms. The largest absolute Gasteiger partial charge is 2.00 e. The monoisotopic (exact) mass is 841 g/mol. The van der Waals surface area contributed by atoms with Crippen molar-refractivity contribution >= 4 is 47.7 Å². The second-order valence-corrected chi connectivity index (χ2v) is 13.1. The third-order valence-electron chi connectivity index (χ3n) is 6.09. The molecule has 5 heteroatoms. The van der Waals surface area contributed by atoms with Crippen molar-refractivity contribution in [2.75, 3.05) is 0 Å². The van der Waals surface area contributed by atoms with Crippen LogP contribution in [-0.4, -0.2) is 0 Å². The van der Waals surface area contributed by atoms with Gasteiger partial charge in [0.1, 0.15) is 0 Å². The van der Waals surface area contributed by atoms with Crippen LogP contribution in [0.3, 0.4) is 0 Å². The van der Waals surface area contributed by atoms with Crippen molar-refractivity contribution < 1.29 is 65.0 Å². The molecule has 0 unspecified atom stereocenters. The topological polar surface area (TPSA) is 0 Å². The molecule has 0 aliphatic heterocycles. The maximum Gasteiger partial charge on any atom is 2.00 e. The van der Waals surface area contributed by atoms with Gasteiger partial charge in [0, 0.05) is 0 Å². The van der Waals surface area contributed by atoms with Crippen LogP contribution in [-0.2, 0) is 17.1 Å². The molecule has 6 aromatic rings. The van der Waals surface area contributed by atoms with Gasteiger partial charge in [0.05, 0.1) is 0 Å². The molecular formula is C36H30CuI2P2. The summed E-state index contributed by atoms with van der Waals surface area (Å²) in [5.41, 5.74) is 0. The minimum Gasteiger partial charge on any atom is -1.00 e. The Kier molecular flexibility index (Phi) is 16.7. The van der Waals surface area contributed by atoms with Crippen molar-refractivity contribution in [1.82, 2.24) is 0 Å². The number of rotatable bonds is 6. The first-order valence-corrected chi connectivity index (χ1v) is 15.5. The third-order valence-corrected chi connectivity index (χ3v) is 11.0. The Morgan fingerprint density at radius 1 is 0.220 bits per heavy atom. The van der Waals surface area contributed by atoms with Gasteiger partial charge < -0.3 is 48.0 Å². The Bertz CT molecular complexity index is 1180. The van der Waals surface area contributed by atoms with E-state index in [-0.39, 0.29) is 65.0 Å². The van der Waals surface area contributed by atoms with Crippen LogP contribution in [0.4, 0.5) is 0 Å². The molecule has 0 heterocycles. The van der Waals surface area contributed by atoms with Gasteiger partial charge in [0.2, 0.25) is 0 Å². The predicted molar refractivity (Wildman–Crippen MR) is 170 cm³/mol. The first-order valence-electron chi connectivity index (χ1n) is 12.8. The predicted octanol–water partition coefficient (Wildman–Crippen LogP) is 0.895. The summed E-state index contributed by atoms with van der Waals surface area (Å²) in [7, 11) is -0.892. The van der Waals surface area contributed by atoms with E-state index >= 15 is 0 Å².